The van der Waals surface area contributed by atoms with E-state index in [1.807, 2.05) is 24.3 Å². The molecule has 0 bridgehead atoms. The van der Waals surface area contributed by atoms with Crippen molar-refractivity contribution in [2.75, 3.05) is 57.0 Å². The Labute approximate surface area is 256 Å². The second-order valence-corrected chi connectivity index (χ2v) is 13.1. The minimum atomic E-state index is -3.51. The van der Waals surface area contributed by atoms with Crippen LogP contribution in [0.15, 0.2) is 42.5 Å². The molecule has 0 aromatic heterocycles. The second-order valence-electron chi connectivity index (χ2n) is 11.0. The van der Waals surface area contributed by atoms with E-state index in [9.17, 15) is 22.8 Å². The molecule has 0 spiro atoms. The molecule has 3 aliphatic rings. The van der Waals surface area contributed by atoms with E-state index >= 15 is 0 Å². The Balaban J connectivity index is 1.14. The lowest BCUT2D eigenvalue weighted by Crippen LogP contribution is -2.50. The summed E-state index contributed by atoms with van der Waals surface area (Å²) in [5, 5.41) is 11.3. The fraction of sp³-hybridized carbons (Fsp3) is 0.500. The van der Waals surface area contributed by atoms with Crippen LogP contribution in [-0.2, 0) is 26.2 Å². The van der Waals surface area contributed by atoms with E-state index < -0.39 is 16.0 Å². The standard InChI is InChI=1S/C30H38N4O9S/c1-41-27-18-24(43-23-10-15-33(16-11-23)44(39,40)17-12-31-19-28(35)36)6-7-25(27)29(37)32-13-8-22(9-14-32)34-26-5-3-2-4-21(26)20-42-30(34)38/h2-7,18,22-23,31H,8-17,19-20H2,1H3,(H,35,36). The second kappa shape index (κ2) is 13.8. The number of likely N-dealkylation sites (tertiary alicyclic amines) is 1. The van der Waals surface area contributed by atoms with E-state index in [0.29, 0.717) is 68.9 Å². The van der Waals surface area contributed by atoms with Crippen LogP contribution in [0.2, 0.25) is 0 Å². The zero-order valence-corrected chi connectivity index (χ0v) is 25.5. The van der Waals surface area contributed by atoms with E-state index in [-0.39, 0.29) is 49.6 Å². The van der Waals surface area contributed by atoms with Gasteiger partial charge in [-0.2, -0.15) is 0 Å². The number of ether oxygens (including phenoxy) is 3. The Morgan fingerprint density at radius 1 is 1.05 bits per heavy atom. The molecule has 2 saturated heterocycles. The molecule has 2 amide bonds. The average Bonchev–Trinajstić information content (AvgIpc) is 3.03. The number of hydrogen-bond acceptors (Lipinski definition) is 9. The number of nitrogens with one attached hydrogen (secondary N) is 1. The Hall–Kier alpha value is -3.88. The third-order valence-corrected chi connectivity index (χ3v) is 10.1. The van der Waals surface area contributed by atoms with Crippen LogP contribution in [0, 0.1) is 0 Å². The highest BCUT2D eigenvalue weighted by Gasteiger charge is 2.36. The summed E-state index contributed by atoms with van der Waals surface area (Å²) in [5.41, 5.74) is 2.25. The maximum Gasteiger partial charge on any atom is 0.414 e. The molecular weight excluding hydrogens is 592 g/mol. The summed E-state index contributed by atoms with van der Waals surface area (Å²) in [7, 11) is -2.01. The van der Waals surface area contributed by atoms with E-state index in [1.165, 1.54) is 11.4 Å². The van der Waals surface area contributed by atoms with Gasteiger partial charge >= 0.3 is 12.1 Å². The first-order chi connectivity index (χ1) is 21.2. The lowest BCUT2D eigenvalue weighted by molar-refractivity contribution is -0.135. The van der Waals surface area contributed by atoms with Crippen molar-refractivity contribution >= 4 is 33.7 Å². The van der Waals surface area contributed by atoms with Gasteiger partial charge in [0.1, 0.15) is 24.2 Å². The van der Waals surface area contributed by atoms with Gasteiger partial charge in [0, 0.05) is 50.4 Å². The number of cyclic esters (lactones) is 1. The number of carboxylic acids is 1. The van der Waals surface area contributed by atoms with Crippen molar-refractivity contribution in [1.29, 1.82) is 0 Å². The number of rotatable bonds is 11. The molecule has 2 fully saturated rings. The van der Waals surface area contributed by atoms with Crippen LogP contribution in [0.25, 0.3) is 0 Å². The molecule has 44 heavy (non-hydrogen) atoms. The predicted octanol–water partition coefficient (Wildman–Crippen LogP) is 2.30. The summed E-state index contributed by atoms with van der Waals surface area (Å²) < 4.78 is 43.7. The zero-order valence-electron chi connectivity index (χ0n) is 24.6. The van der Waals surface area contributed by atoms with Crippen LogP contribution < -0.4 is 19.7 Å². The first-order valence-electron chi connectivity index (χ1n) is 14.7. The number of nitrogens with zero attached hydrogens (tertiary/aromatic N) is 3. The zero-order chi connectivity index (χ0) is 31.3. The van der Waals surface area contributed by atoms with Gasteiger partial charge in [0.05, 0.1) is 30.7 Å². The molecule has 2 aromatic rings. The van der Waals surface area contributed by atoms with Gasteiger partial charge in [0.15, 0.2) is 0 Å². The van der Waals surface area contributed by atoms with E-state index in [1.54, 1.807) is 28.0 Å². The molecule has 0 saturated carbocycles. The van der Waals surface area contributed by atoms with Gasteiger partial charge in [-0.1, -0.05) is 18.2 Å². The Morgan fingerprint density at radius 3 is 2.48 bits per heavy atom. The maximum absolute atomic E-state index is 13.5. The number of carboxylic acid groups (broad SMARTS) is 1. The van der Waals surface area contributed by atoms with Crippen LogP contribution in [0.5, 0.6) is 11.5 Å². The Bertz CT molecular complexity index is 1470. The van der Waals surface area contributed by atoms with Gasteiger partial charge in [-0.3, -0.25) is 14.5 Å². The summed E-state index contributed by atoms with van der Waals surface area (Å²) >= 11 is 0. The van der Waals surface area contributed by atoms with Crippen molar-refractivity contribution < 1.29 is 42.1 Å². The summed E-state index contributed by atoms with van der Waals surface area (Å²) in [5.74, 6) is -0.460. The summed E-state index contributed by atoms with van der Waals surface area (Å²) in [6.07, 6.45) is 1.66. The van der Waals surface area contributed by atoms with Crippen molar-refractivity contribution in [3.8, 4) is 11.5 Å². The van der Waals surface area contributed by atoms with Gasteiger partial charge in [0.2, 0.25) is 10.0 Å². The molecular formula is C30H38N4O9S. The fourth-order valence-electron chi connectivity index (χ4n) is 5.89. The average molecular weight is 631 g/mol. The third-order valence-electron chi connectivity index (χ3n) is 8.23. The number of anilines is 1. The molecule has 0 unspecified atom stereocenters. The number of para-hydroxylation sites is 1. The van der Waals surface area contributed by atoms with Gasteiger partial charge in [-0.25, -0.2) is 17.5 Å². The normalized spacial score (nSPS) is 18.4. The molecule has 238 valence electrons. The lowest BCUT2D eigenvalue weighted by Gasteiger charge is -2.40. The number of amides is 2. The predicted molar refractivity (Wildman–Crippen MR) is 161 cm³/mol. The summed E-state index contributed by atoms with van der Waals surface area (Å²) in [6.45, 7) is 1.60. The van der Waals surface area contributed by atoms with Gasteiger partial charge in [-0.15, -0.1) is 0 Å². The van der Waals surface area contributed by atoms with E-state index in [0.717, 1.165) is 11.3 Å². The quantitative estimate of drug-likeness (QED) is 0.354. The third kappa shape index (κ3) is 7.25. The minimum absolute atomic E-state index is 0.0650. The number of carbonyl (C=O) groups excluding carboxylic acids is 2. The molecule has 13 nitrogen and oxygen atoms in total. The van der Waals surface area contributed by atoms with Crippen molar-refractivity contribution in [2.24, 2.45) is 0 Å². The van der Waals surface area contributed by atoms with Crippen molar-refractivity contribution in [1.82, 2.24) is 14.5 Å². The first-order valence-corrected chi connectivity index (χ1v) is 16.4. The van der Waals surface area contributed by atoms with E-state index in [4.69, 9.17) is 19.3 Å². The van der Waals surface area contributed by atoms with Crippen LogP contribution in [-0.4, -0.2) is 105 Å². The lowest BCUT2D eigenvalue weighted by atomic mass is 10.00. The molecule has 3 heterocycles. The summed E-state index contributed by atoms with van der Waals surface area (Å²) in [4.78, 5) is 40.2. The van der Waals surface area contributed by atoms with Gasteiger partial charge in [0.25, 0.3) is 5.91 Å². The van der Waals surface area contributed by atoms with Crippen LogP contribution in [0.1, 0.15) is 41.6 Å². The Morgan fingerprint density at radius 2 is 1.77 bits per heavy atom. The number of fused-ring (bicyclic) bond motifs is 1. The van der Waals surface area contributed by atoms with Crippen LogP contribution in [0.4, 0.5) is 10.5 Å². The van der Waals surface area contributed by atoms with Gasteiger partial charge in [-0.05, 0) is 43.9 Å². The first kappa shape index (κ1) is 31.5. The Kier molecular flexibility index (Phi) is 9.91. The molecule has 0 atom stereocenters. The number of hydrogen-bond donors (Lipinski definition) is 2. The summed E-state index contributed by atoms with van der Waals surface area (Å²) in [6, 6.07) is 12.7. The molecule has 2 aromatic carbocycles. The highest BCUT2D eigenvalue weighted by molar-refractivity contribution is 7.89. The fourth-order valence-corrected chi connectivity index (χ4v) is 7.31. The minimum Gasteiger partial charge on any atom is -0.496 e. The van der Waals surface area contributed by atoms with Crippen molar-refractivity contribution in [3.05, 3.63) is 53.6 Å². The molecule has 5 rings (SSSR count). The highest BCUT2D eigenvalue weighted by Crippen LogP contribution is 2.33. The SMILES string of the molecule is COc1cc(OC2CCN(S(=O)(=O)CCNCC(=O)O)CC2)ccc1C(=O)N1CCC(N2C(=O)OCc3ccccc32)CC1. The molecule has 2 N–H and O–H groups in total. The topological polar surface area (TPSA) is 155 Å². The number of sulfonamides is 1. The number of carbonyl (C=O) groups is 3. The smallest absolute Gasteiger partial charge is 0.414 e. The van der Waals surface area contributed by atoms with Gasteiger partial charge < -0.3 is 29.5 Å². The number of methoxy groups -OCH3 is 1. The molecule has 0 radical (unpaired) electrons. The van der Waals surface area contributed by atoms with Crippen LogP contribution >= 0.6 is 0 Å². The monoisotopic (exact) mass is 630 g/mol. The van der Waals surface area contributed by atoms with E-state index in [2.05, 4.69) is 5.32 Å². The van der Waals surface area contributed by atoms with Crippen LogP contribution in [0.3, 0.4) is 0 Å². The highest BCUT2D eigenvalue weighted by atomic mass is 32.2. The maximum atomic E-state index is 13.5. The number of benzene rings is 2. The number of piperidine rings is 2. The molecule has 14 heteroatoms. The van der Waals surface area contributed by atoms with Crippen molar-refractivity contribution in [2.45, 2.75) is 44.4 Å². The number of aliphatic carboxylic acids is 1. The molecule has 0 aliphatic carbocycles. The molecule has 3 aliphatic heterocycles. The van der Waals surface area contributed by atoms with Crippen molar-refractivity contribution in [3.63, 3.8) is 0 Å². The largest absolute Gasteiger partial charge is 0.496 e.